The number of hydrogen-bond acceptors (Lipinski definition) is 7. The van der Waals surface area contributed by atoms with Crippen molar-refractivity contribution in [1.82, 2.24) is 20.4 Å². The lowest BCUT2D eigenvalue weighted by Crippen LogP contribution is -2.41. The second-order valence-electron chi connectivity index (χ2n) is 8.08. The highest BCUT2D eigenvalue weighted by Gasteiger charge is 2.29. The standard InChI is InChI=1S/C23H24FN5O4/c1-15(22-26-27-23(33-22)18-4-8-20(9-5-18)29(31)32)28-12-10-17(11-13-28)21(30)25-14-16-2-6-19(24)7-3-16/h2-9,15,17H,10-14H2,1H3,(H,25,30). The summed E-state index contributed by atoms with van der Waals surface area (Å²) in [5.41, 5.74) is 1.47. The molecule has 1 atom stereocenters. The van der Waals surface area contributed by atoms with Gasteiger partial charge in [0, 0.05) is 30.2 Å². The molecule has 1 amide bonds. The molecule has 4 rings (SSSR count). The number of carbonyl (C=O) groups is 1. The van der Waals surface area contributed by atoms with Crippen LogP contribution in [0.2, 0.25) is 0 Å². The molecule has 0 spiro atoms. The van der Waals surface area contributed by atoms with Crippen molar-refractivity contribution in [3.05, 3.63) is 75.9 Å². The second-order valence-corrected chi connectivity index (χ2v) is 8.08. The molecule has 0 aliphatic carbocycles. The van der Waals surface area contributed by atoms with Crippen molar-refractivity contribution in [3.8, 4) is 11.5 Å². The van der Waals surface area contributed by atoms with Crippen molar-refractivity contribution in [2.75, 3.05) is 13.1 Å². The fraction of sp³-hybridized carbons (Fsp3) is 0.348. The number of nitrogens with zero attached hydrogens (tertiary/aromatic N) is 4. The Hall–Kier alpha value is -3.66. The Morgan fingerprint density at radius 3 is 2.48 bits per heavy atom. The van der Waals surface area contributed by atoms with E-state index in [0.717, 1.165) is 5.56 Å². The van der Waals surface area contributed by atoms with E-state index in [1.807, 2.05) is 6.92 Å². The maximum Gasteiger partial charge on any atom is 0.269 e. The van der Waals surface area contributed by atoms with E-state index in [2.05, 4.69) is 20.4 Å². The normalized spacial score (nSPS) is 15.8. The minimum Gasteiger partial charge on any atom is -0.419 e. The molecule has 1 aromatic heterocycles. The van der Waals surface area contributed by atoms with Crippen LogP contribution >= 0.6 is 0 Å². The first-order valence-electron chi connectivity index (χ1n) is 10.7. The van der Waals surface area contributed by atoms with Crippen molar-refractivity contribution >= 4 is 11.6 Å². The third-order valence-corrected chi connectivity index (χ3v) is 5.95. The number of nitro groups is 1. The lowest BCUT2D eigenvalue weighted by molar-refractivity contribution is -0.384. The lowest BCUT2D eigenvalue weighted by atomic mass is 9.95. The summed E-state index contributed by atoms with van der Waals surface area (Å²) in [6.07, 6.45) is 1.42. The van der Waals surface area contributed by atoms with Crippen molar-refractivity contribution < 1.29 is 18.5 Å². The van der Waals surface area contributed by atoms with Gasteiger partial charge in [-0.3, -0.25) is 19.8 Å². The summed E-state index contributed by atoms with van der Waals surface area (Å²) in [7, 11) is 0. The number of likely N-dealkylation sites (tertiary alicyclic amines) is 1. The van der Waals surface area contributed by atoms with E-state index in [-0.39, 0.29) is 29.4 Å². The number of amides is 1. The predicted molar refractivity (Wildman–Crippen MR) is 117 cm³/mol. The number of non-ortho nitro benzene ring substituents is 1. The van der Waals surface area contributed by atoms with Crippen LogP contribution in [0, 0.1) is 21.8 Å². The number of nitro benzene ring substituents is 1. The van der Waals surface area contributed by atoms with Crippen molar-refractivity contribution in [1.29, 1.82) is 0 Å². The third kappa shape index (κ3) is 5.40. The van der Waals surface area contributed by atoms with Gasteiger partial charge in [-0.15, -0.1) is 10.2 Å². The molecule has 1 saturated heterocycles. The molecule has 1 N–H and O–H groups in total. The van der Waals surface area contributed by atoms with Gasteiger partial charge in [0.25, 0.3) is 5.69 Å². The summed E-state index contributed by atoms with van der Waals surface area (Å²) >= 11 is 0. The van der Waals surface area contributed by atoms with E-state index in [0.29, 0.717) is 49.8 Å². The Kier molecular flexibility index (Phi) is 6.74. The van der Waals surface area contributed by atoms with Crippen molar-refractivity contribution in [2.24, 2.45) is 5.92 Å². The van der Waals surface area contributed by atoms with Crippen molar-refractivity contribution in [3.63, 3.8) is 0 Å². The molecular formula is C23H24FN5O4. The minimum absolute atomic E-state index is 0.00331. The van der Waals surface area contributed by atoms with Crippen molar-refractivity contribution in [2.45, 2.75) is 32.4 Å². The van der Waals surface area contributed by atoms with Gasteiger partial charge in [0.15, 0.2) is 0 Å². The average Bonchev–Trinajstić information content (AvgIpc) is 3.33. The highest BCUT2D eigenvalue weighted by molar-refractivity contribution is 5.78. The Bertz CT molecular complexity index is 1110. The first kappa shape index (κ1) is 22.5. The second kappa shape index (κ2) is 9.86. The summed E-state index contributed by atoms with van der Waals surface area (Å²) in [6, 6.07) is 11.9. The molecule has 0 bridgehead atoms. The number of rotatable bonds is 7. The number of carbonyl (C=O) groups excluding carboxylic acids is 1. The van der Waals surface area contributed by atoms with E-state index in [4.69, 9.17) is 4.42 Å². The van der Waals surface area contributed by atoms with Crippen LogP contribution in [0.1, 0.15) is 37.3 Å². The highest BCUT2D eigenvalue weighted by atomic mass is 19.1. The fourth-order valence-electron chi connectivity index (χ4n) is 3.89. The zero-order valence-corrected chi connectivity index (χ0v) is 18.1. The molecule has 0 saturated carbocycles. The van der Waals surface area contributed by atoms with Crippen LogP contribution in [-0.4, -0.2) is 39.0 Å². The average molecular weight is 453 g/mol. The van der Waals surface area contributed by atoms with Crippen LogP contribution in [-0.2, 0) is 11.3 Å². The molecule has 33 heavy (non-hydrogen) atoms. The molecule has 0 radical (unpaired) electrons. The molecule has 3 aromatic rings. The number of hydrogen-bond donors (Lipinski definition) is 1. The molecule has 1 aliphatic heterocycles. The number of halogens is 1. The van der Waals surface area contributed by atoms with Crippen LogP contribution in [0.4, 0.5) is 10.1 Å². The molecule has 1 fully saturated rings. The molecule has 2 heterocycles. The molecule has 1 aliphatic rings. The van der Waals surface area contributed by atoms with Gasteiger partial charge in [-0.2, -0.15) is 0 Å². The fourth-order valence-corrected chi connectivity index (χ4v) is 3.89. The predicted octanol–water partition coefficient (Wildman–Crippen LogP) is 3.87. The first-order chi connectivity index (χ1) is 15.9. The van der Waals surface area contributed by atoms with E-state index < -0.39 is 4.92 Å². The number of nitrogens with one attached hydrogen (secondary N) is 1. The van der Waals surface area contributed by atoms with Gasteiger partial charge in [-0.25, -0.2) is 4.39 Å². The largest absolute Gasteiger partial charge is 0.419 e. The van der Waals surface area contributed by atoms with Gasteiger partial charge in [-0.1, -0.05) is 12.1 Å². The Morgan fingerprint density at radius 2 is 1.85 bits per heavy atom. The lowest BCUT2D eigenvalue weighted by Gasteiger charge is -2.34. The zero-order valence-electron chi connectivity index (χ0n) is 18.1. The van der Waals surface area contributed by atoms with Crippen LogP contribution in [0.3, 0.4) is 0 Å². The zero-order chi connectivity index (χ0) is 23.4. The number of piperidine rings is 1. The molecule has 172 valence electrons. The molecule has 9 nitrogen and oxygen atoms in total. The van der Waals surface area contributed by atoms with E-state index in [9.17, 15) is 19.3 Å². The minimum atomic E-state index is -0.461. The summed E-state index contributed by atoms with van der Waals surface area (Å²) in [5, 5.41) is 22.0. The maximum absolute atomic E-state index is 13.0. The topological polar surface area (TPSA) is 114 Å². The third-order valence-electron chi connectivity index (χ3n) is 5.95. The quantitative estimate of drug-likeness (QED) is 0.427. The van der Waals surface area contributed by atoms with E-state index in [1.165, 1.54) is 24.3 Å². The number of aromatic nitrogens is 2. The SMILES string of the molecule is CC(c1nnc(-c2ccc([N+](=O)[O-])cc2)o1)N1CCC(C(=O)NCc2ccc(F)cc2)CC1. The Labute approximate surface area is 189 Å². The molecular weight excluding hydrogens is 429 g/mol. The number of benzene rings is 2. The van der Waals surface area contributed by atoms with Gasteiger partial charge >= 0.3 is 0 Å². The smallest absolute Gasteiger partial charge is 0.269 e. The van der Waals surface area contributed by atoms with Crippen LogP contribution in [0.25, 0.3) is 11.5 Å². The van der Waals surface area contributed by atoms with Crippen LogP contribution in [0.5, 0.6) is 0 Å². The Balaban J connectivity index is 1.29. The highest BCUT2D eigenvalue weighted by Crippen LogP contribution is 2.28. The van der Waals surface area contributed by atoms with E-state index >= 15 is 0 Å². The molecule has 10 heteroatoms. The van der Waals surface area contributed by atoms with Gasteiger partial charge in [0.2, 0.25) is 17.7 Å². The first-order valence-corrected chi connectivity index (χ1v) is 10.7. The van der Waals surface area contributed by atoms with Gasteiger partial charge in [0.1, 0.15) is 5.82 Å². The van der Waals surface area contributed by atoms with Crippen LogP contribution in [0.15, 0.2) is 52.9 Å². The molecule has 1 unspecified atom stereocenters. The van der Waals surface area contributed by atoms with Gasteiger partial charge in [-0.05, 0) is 62.7 Å². The van der Waals surface area contributed by atoms with Crippen LogP contribution < -0.4 is 5.32 Å². The maximum atomic E-state index is 13.0. The summed E-state index contributed by atoms with van der Waals surface area (Å²) < 4.78 is 18.8. The van der Waals surface area contributed by atoms with Gasteiger partial charge in [0.05, 0.1) is 11.0 Å². The monoisotopic (exact) mass is 453 g/mol. The van der Waals surface area contributed by atoms with E-state index in [1.54, 1.807) is 24.3 Å². The molecule has 2 aromatic carbocycles. The summed E-state index contributed by atoms with van der Waals surface area (Å²) in [6.45, 7) is 3.78. The summed E-state index contributed by atoms with van der Waals surface area (Å²) in [5.74, 6) is 0.397. The Morgan fingerprint density at radius 1 is 1.18 bits per heavy atom. The summed E-state index contributed by atoms with van der Waals surface area (Å²) in [4.78, 5) is 25.1. The van der Waals surface area contributed by atoms with Gasteiger partial charge < -0.3 is 9.73 Å².